The van der Waals surface area contributed by atoms with Crippen molar-refractivity contribution in [1.29, 1.82) is 0 Å². The minimum atomic E-state index is -0.0674. The zero-order valence-electron chi connectivity index (χ0n) is 7.26. The summed E-state index contributed by atoms with van der Waals surface area (Å²) >= 11 is 1.46. The van der Waals surface area contributed by atoms with Crippen LogP contribution in [0, 0.1) is 0 Å². The van der Waals surface area contributed by atoms with E-state index < -0.39 is 0 Å². The van der Waals surface area contributed by atoms with Crippen LogP contribution in [0.2, 0.25) is 0 Å². The summed E-state index contributed by atoms with van der Waals surface area (Å²) in [4.78, 5) is 16.4. The second kappa shape index (κ2) is 4.21. The summed E-state index contributed by atoms with van der Waals surface area (Å²) in [5.74, 6) is -0.0674. The second-order valence-corrected chi connectivity index (χ2v) is 3.46. The number of hydrogen-bond acceptors (Lipinski definition) is 3. The van der Waals surface area contributed by atoms with Crippen molar-refractivity contribution in [3.63, 3.8) is 0 Å². The van der Waals surface area contributed by atoms with Gasteiger partial charge in [0.05, 0.1) is 0 Å². The van der Waals surface area contributed by atoms with E-state index in [1.165, 1.54) is 11.3 Å². The van der Waals surface area contributed by atoms with Gasteiger partial charge in [-0.3, -0.25) is 4.79 Å². The van der Waals surface area contributed by atoms with Gasteiger partial charge in [0.15, 0.2) is 5.01 Å². The van der Waals surface area contributed by atoms with Crippen LogP contribution in [0.3, 0.4) is 0 Å². The molecule has 0 saturated carbocycles. The average Bonchev–Trinajstić information content (AvgIpc) is 2.52. The van der Waals surface area contributed by atoms with Gasteiger partial charge in [0, 0.05) is 17.6 Å². The van der Waals surface area contributed by atoms with E-state index in [4.69, 9.17) is 0 Å². The average molecular weight is 184 g/mol. The Morgan fingerprint density at radius 2 is 2.42 bits per heavy atom. The first-order valence-corrected chi connectivity index (χ1v) is 4.82. The number of rotatable bonds is 3. The number of hydrogen-bond donors (Lipinski definition) is 1. The first-order chi connectivity index (χ1) is 5.77. The molecule has 0 fully saturated rings. The molecule has 1 N–H and O–H groups in total. The number of amides is 1. The molecule has 0 aliphatic rings. The minimum Gasteiger partial charge on any atom is -0.350 e. The Morgan fingerprint density at radius 1 is 1.67 bits per heavy atom. The van der Waals surface area contributed by atoms with Crippen LogP contribution in [0.1, 0.15) is 28.5 Å². The summed E-state index contributed by atoms with van der Waals surface area (Å²) in [5, 5.41) is 3.27. The number of aromatic nitrogens is 1. The Kier molecular flexibility index (Phi) is 3.22. The van der Waals surface area contributed by atoms with Crippen LogP contribution in [0.5, 0.6) is 0 Å². The lowest BCUT2D eigenvalue weighted by atomic mass is 10.4. The molecular weight excluding hydrogens is 172 g/mol. The molecule has 12 heavy (non-hydrogen) atoms. The SMILES string of the molecule is CCNC(=O)c1ncc(CC)s1. The zero-order chi connectivity index (χ0) is 8.97. The third-order valence-electron chi connectivity index (χ3n) is 1.43. The van der Waals surface area contributed by atoms with Crippen LogP contribution in [0.25, 0.3) is 0 Å². The molecule has 1 heterocycles. The molecule has 0 spiro atoms. The highest BCUT2D eigenvalue weighted by Crippen LogP contribution is 2.12. The molecule has 1 aromatic rings. The third kappa shape index (κ3) is 2.04. The molecule has 3 nitrogen and oxygen atoms in total. The fourth-order valence-corrected chi connectivity index (χ4v) is 1.58. The Balaban J connectivity index is 2.68. The maximum absolute atomic E-state index is 11.2. The Morgan fingerprint density at radius 3 is 2.92 bits per heavy atom. The summed E-state index contributed by atoms with van der Waals surface area (Å²) in [6, 6.07) is 0. The van der Waals surface area contributed by atoms with Crippen molar-refractivity contribution >= 4 is 17.2 Å². The molecule has 0 saturated heterocycles. The lowest BCUT2D eigenvalue weighted by molar-refractivity contribution is 0.0955. The summed E-state index contributed by atoms with van der Waals surface area (Å²) in [6.45, 7) is 4.60. The van der Waals surface area contributed by atoms with Crippen molar-refractivity contribution in [1.82, 2.24) is 10.3 Å². The highest BCUT2D eigenvalue weighted by atomic mass is 32.1. The van der Waals surface area contributed by atoms with E-state index in [1.54, 1.807) is 6.20 Å². The summed E-state index contributed by atoms with van der Waals surface area (Å²) < 4.78 is 0. The predicted molar refractivity (Wildman–Crippen MR) is 49.5 cm³/mol. The molecule has 0 aliphatic heterocycles. The fraction of sp³-hybridized carbons (Fsp3) is 0.500. The van der Waals surface area contributed by atoms with Crippen molar-refractivity contribution in [3.05, 3.63) is 16.1 Å². The van der Waals surface area contributed by atoms with Gasteiger partial charge in [-0.1, -0.05) is 6.92 Å². The first kappa shape index (κ1) is 9.19. The lowest BCUT2D eigenvalue weighted by Crippen LogP contribution is -2.22. The van der Waals surface area contributed by atoms with Gasteiger partial charge in [-0.15, -0.1) is 11.3 Å². The molecular formula is C8H12N2OS. The fourth-order valence-electron chi connectivity index (χ4n) is 0.812. The van der Waals surface area contributed by atoms with Crippen LogP contribution in [0.4, 0.5) is 0 Å². The molecule has 1 aromatic heterocycles. The Labute approximate surface area is 75.8 Å². The van der Waals surface area contributed by atoms with E-state index in [0.717, 1.165) is 11.3 Å². The normalized spacial score (nSPS) is 9.83. The minimum absolute atomic E-state index is 0.0674. The van der Waals surface area contributed by atoms with Gasteiger partial charge in [0.2, 0.25) is 0 Å². The third-order valence-corrected chi connectivity index (χ3v) is 2.57. The van der Waals surface area contributed by atoms with Crippen molar-refractivity contribution in [2.24, 2.45) is 0 Å². The van der Waals surface area contributed by atoms with E-state index in [9.17, 15) is 4.79 Å². The van der Waals surface area contributed by atoms with E-state index in [1.807, 2.05) is 6.92 Å². The topological polar surface area (TPSA) is 42.0 Å². The summed E-state index contributed by atoms with van der Waals surface area (Å²) in [5.41, 5.74) is 0. The maximum atomic E-state index is 11.2. The van der Waals surface area contributed by atoms with Crippen LogP contribution < -0.4 is 5.32 Å². The molecule has 0 radical (unpaired) electrons. The van der Waals surface area contributed by atoms with Gasteiger partial charge in [-0.2, -0.15) is 0 Å². The molecule has 1 amide bonds. The standard InChI is InChI=1S/C8H12N2OS/c1-3-6-5-10-8(12-6)7(11)9-4-2/h5H,3-4H2,1-2H3,(H,9,11). The number of aryl methyl sites for hydroxylation is 1. The van der Waals surface area contributed by atoms with Crippen molar-refractivity contribution in [2.75, 3.05) is 6.54 Å². The van der Waals surface area contributed by atoms with Crippen LogP contribution >= 0.6 is 11.3 Å². The van der Waals surface area contributed by atoms with Gasteiger partial charge in [-0.05, 0) is 13.3 Å². The van der Waals surface area contributed by atoms with Gasteiger partial charge < -0.3 is 5.32 Å². The molecule has 66 valence electrons. The summed E-state index contributed by atoms with van der Waals surface area (Å²) in [6.07, 6.45) is 2.70. The number of nitrogens with one attached hydrogen (secondary N) is 1. The molecule has 0 bridgehead atoms. The second-order valence-electron chi connectivity index (χ2n) is 2.34. The predicted octanol–water partition coefficient (Wildman–Crippen LogP) is 1.46. The molecule has 0 aromatic carbocycles. The van der Waals surface area contributed by atoms with Gasteiger partial charge in [0.1, 0.15) is 0 Å². The van der Waals surface area contributed by atoms with Crippen molar-refractivity contribution < 1.29 is 4.79 Å². The maximum Gasteiger partial charge on any atom is 0.280 e. The zero-order valence-corrected chi connectivity index (χ0v) is 8.07. The quantitative estimate of drug-likeness (QED) is 0.772. The number of thiazole rings is 1. The Bertz CT molecular complexity index is 270. The van der Waals surface area contributed by atoms with E-state index >= 15 is 0 Å². The van der Waals surface area contributed by atoms with E-state index in [-0.39, 0.29) is 5.91 Å². The highest BCUT2D eigenvalue weighted by molar-refractivity contribution is 7.13. The summed E-state index contributed by atoms with van der Waals surface area (Å²) in [7, 11) is 0. The van der Waals surface area contributed by atoms with Crippen LogP contribution in [0.15, 0.2) is 6.20 Å². The highest BCUT2D eigenvalue weighted by Gasteiger charge is 2.08. The van der Waals surface area contributed by atoms with E-state index in [2.05, 4.69) is 17.2 Å². The molecule has 1 rings (SSSR count). The van der Waals surface area contributed by atoms with Crippen molar-refractivity contribution in [2.45, 2.75) is 20.3 Å². The largest absolute Gasteiger partial charge is 0.350 e. The monoisotopic (exact) mass is 184 g/mol. The van der Waals surface area contributed by atoms with Crippen molar-refractivity contribution in [3.8, 4) is 0 Å². The first-order valence-electron chi connectivity index (χ1n) is 4.00. The van der Waals surface area contributed by atoms with Gasteiger partial charge in [0.25, 0.3) is 5.91 Å². The van der Waals surface area contributed by atoms with E-state index in [0.29, 0.717) is 11.6 Å². The molecule has 0 atom stereocenters. The Hall–Kier alpha value is -0.900. The van der Waals surface area contributed by atoms with Crippen LogP contribution in [-0.2, 0) is 6.42 Å². The van der Waals surface area contributed by atoms with Gasteiger partial charge in [-0.25, -0.2) is 4.98 Å². The molecule has 0 unspecified atom stereocenters. The number of nitrogens with zero attached hydrogens (tertiary/aromatic N) is 1. The number of carbonyl (C=O) groups excluding carboxylic acids is 1. The lowest BCUT2D eigenvalue weighted by Gasteiger charge is -1.95. The van der Waals surface area contributed by atoms with Crippen LogP contribution in [-0.4, -0.2) is 17.4 Å². The molecule has 0 aliphatic carbocycles. The smallest absolute Gasteiger partial charge is 0.280 e. The number of carbonyl (C=O) groups is 1. The van der Waals surface area contributed by atoms with Gasteiger partial charge >= 0.3 is 0 Å². The molecule has 4 heteroatoms.